The van der Waals surface area contributed by atoms with Gasteiger partial charge in [-0.15, -0.1) is 11.3 Å². The SMILES string of the molecule is Cc1cc(C(=O)Nc2ccc(S(=O)(=O)N3CCCCC3)cn2)sc1C. The molecule has 1 fully saturated rings. The Morgan fingerprint density at radius 3 is 2.48 bits per heavy atom. The molecule has 0 unspecified atom stereocenters. The van der Waals surface area contributed by atoms with Crippen LogP contribution in [0.2, 0.25) is 0 Å². The number of pyridine rings is 1. The van der Waals surface area contributed by atoms with E-state index in [4.69, 9.17) is 0 Å². The molecule has 0 aliphatic carbocycles. The van der Waals surface area contributed by atoms with Crippen LogP contribution in [0.25, 0.3) is 0 Å². The molecule has 1 amide bonds. The normalized spacial score (nSPS) is 15.9. The summed E-state index contributed by atoms with van der Waals surface area (Å²) in [5.74, 6) is 0.103. The van der Waals surface area contributed by atoms with Crippen LogP contribution in [-0.4, -0.2) is 36.7 Å². The first-order valence-electron chi connectivity index (χ1n) is 8.22. The average Bonchev–Trinajstić information content (AvgIpc) is 2.95. The van der Waals surface area contributed by atoms with Gasteiger partial charge in [0.05, 0.1) is 4.88 Å². The number of aryl methyl sites for hydroxylation is 2. The second-order valence-electron chi connectivity index (χ2n) is 6.15. The zero-order valence-electron chi connectivity index (χ0n) is 14.3. The zero-order chi connectivity index (χ0) is 18.0. The lowest BCUT2D eigenvalue weighted by atomic mass is 10.2. The Hall–Kier alpha value is -1.77. The summed E-state index contributed by atoms with van der Waals surface area (Å²) < 4.78 is 26.7. The van der Waals surface area contributed by atoms with Crippen molar-refractivity contribution in [1.29, 1.82) is 0 Å². The molecule has 1 aliphatic heterocycles. The van der Waals surface area contributed by atoms with E-state index in [1.807, 2.05) is 19.9 Å². The number of thiophene rings is 1. The number of hydrogen-bond donors (Lipinski definition) is 1. The first kappa shape index (κ1) is 18.0. The van der Waals surface area contributed by atoms with Crippen molar-refractivity contribution in [2.75, 3.05) is 18.4 Å². The second-order valence-corrected chi connectivity index (χ2v) is 9.34. The lowest BCUT2D eigenvalue weighted by molar-refractivity contribution is 0.103. The number of hydrogen-bond acceptors (Lipinski definition) is 5. The molecule has 2 aromatic rings. The lowest BCUT2D eigenvalue weighted by Crippen LogP contribution is -2.35. The topological polar surface area (TPSA) is 79.4 Å². The summed E-state index contributed by atoms with van der Waals surface area (Å²) in [5.41, 5.74) is 1.08. The molecule has 0 bridgehead atoms. The molecule has 0 saturated carbocycles. The molecule has 0 atom stereocenters. The first-order valence-corrected chi connectivity index (χ1v) is 10.5. The number of sulfonamides is 1. The molecular weight excluding hydrogens is 358 g/mol. The maximum Gasteiger partial charge on any atom is 0.266 e. The van der Waals surface area contributed by atoms with E-state index in [1.54, 1.807) is 0 Å². The number of nitrogens with one attached hydrogen (secondary N) is 1. The highest BCUT2D eigenvalue weighted by Crippen LogP contribution is 2.23. The fraction of sp³-hybridized carbons (Fsp3) is 0.412. The van der Waals surface area contributed by atoms with Crippen molar-refractivity contribution in [2.24, 2.45) is 0 Å². The molecule has 3 heterocycles. The maximum absolute atomic E-state index is 12.6. The van der Waals surface area contributed by atoms with Crippen LogP contribution in [0.3, 0.4) is 0 Å². The number of aromatic nitrogens is 1. The van der Waals surface area contributed by atoms with E-state index in [0.29, 0.717) is 23.8 Å². The van der Waals surface area contributed by atoms with Crippen molar-refractivity contribution in [3.8, 4) is 0 Å². The van der Waals surface area contributed by atoms with Crippen molar-refractivity contribution < 1.29 is 13.2 Å². The van der Waals surface area contributed by atoms with Crippen molar-refractivity contribution in [2.45, 2.75) is 38.0 Å². The van der Waals surface area contributed by atoms with E-state index in [0.717, 1.165) is 29.7 Å². The lowest BCUT2D eigenvalue weighted by Gasteiger charge is -2.25. The number of amides is 1. The number of anilines is 1. The third-order valence-electron chi connectivity index (χ3n) is 4.32. The van der Waals surface area contributed by atoms with Gasteiger partial charge in [0.2, 0.25) is 10.0 Å². The molecule has 0 aromatic carbocycles. The van der Waals surface area contributed by atoms with E-state index < -0.39 is 10.0 Å². The van der Waals surface area contributed by atoms with Crippen LogP contribution in [-0.2, 0) is 10.0 Å². The fourth-order valence-corrected chi connectivity index (χ4v) is 5.12. The van der Waals surface area contributed by atoms with Crippen molar-refractivity contribution >= 4 is 33.1 Å². The highest BCUT2D eigenvalue weighted by molar-refractivity contribution is 7.89. The summed E-state index contributed by atoms with van der Waals surface area (Å²) in [6, 6.07) is 4.87. The molecule has 25 heavy (non-hydrogen) atoms. The van der Waals surface area contributed by atoms with Gasteiger partial charge < -0.3 is 5.32 Å². The Morgan fingerprint density at radius 2 is 1.92 bits per heavy atom. The van der Waals surface area contributed by atoms with Gasteiger partial charge in [0, 0.05) is 24.2 Å². The van der Waals surface area contributed by atoms with Gasteiger partial charge in [-0.2, -0.15) is 4.31 Å². The summed E-state index contributed by atoms with van der Waals surface area (Å²) in [4.78, 5) is 18.2. The number of piperidine rings is 1. The third kappa shape index (κ3) is 3.91. The maximum atomic E-state index is 12.6. The number of rotatable bonds is 4. The fourth-order valence-electron chi connectivity index (χ4n) is 2.72. The zero-order valence-corrected chi connectivity index (χ0v) is 15.9. The number of nitrogens with zero attached hydrogens (tertiary/aromatic N) is 2. The molecule has 3 rings (SSSR count). The number of carbonyl (C=O) groups is 1. The average molecular weight is 380 g/mol. The van der Waals surface area contributed by atoms with Gasteiger partial charge in [0.1, 0.15) is 10.7 Å². The van der Waals surface area contributed by atoms with Crippen LogP contribution in [0.1, 0.15) is 39.4 Å². The highest BCUT2D eigenvalue weighted by Gasteiger charge is 2.26. The smallest absolute Gasteiger partial charge is 0.266 e. The standard InChI is InChI=1S/C17H21N3O3S2/c1-12-10-15(24-13(12)2)17(21)19-16-7-6-14(11-18-16)25(22,23)20-8-4-3-5-9-20/h6-7,10-11H,3-5,8-9H2,1-2H3,(H,18,19,21). The Labute approximate surface area is 151 Å². The van der Waals surface area contributed by atoms with Crippen molar-refractivity contribution in [3.05, 3.63) is 39.7 Å². The number of carbonyl (C=O) groups excluding carboxylic acids is 1. The predicted molar refractivity (Wildman–Crippen MR) is 98.6 cm³/mol. The molecular formula is C17H21N3O3S2. The van der Waals surface area contributed by atoms with Gasteiger partial charge in [0.15, 0.2) is 0 Å². The van der Waals surface area contributed by atoms with Crippen LogP contribution in [0.15, 0.2) is 29.3 Å². The Morgan fingerprint density at radius 1 is 1.20 bits per heavy atom. The van der Waals surface area contributed by atoms with E-state index in [2.05, 4.69) is 10.3 Å². The minimum Gasteiger partial charge on any atom is -0.306 e. The van der Waals surface area contributed by atoms with E-state index in [1.165, 1.54) is 34.0 Å². The van der Waals surface area contributed by atoms with Gasteiger partial charge in [-0.1, -0.05) is 6.42 Å². The summed E-state index contributed by atoms with van der Waals surface area (Å²) in [5, 5.41) is 2.71. The first-order chi connectivity index (χ1) is 11.9. The minimum atomic E-state index is -3.50. The van der Waals surface area contributed by atoms with Crippen molar-refractivity contribution in [1.82, 2.24) is 9.29 Å². The Bertz CT molecular complexity index is 848. The summed E-state index contributed by atoms with van der Waals surface area (Å²) in [7, 11) is -3.50. The molecule has 1 aliphatic rings. The van der Waals surface area contributed by atoms with Gasteiger partial charge in [-0.25, -0.2) is 13.4 Å². The Kier molecular flexibility index (Phi) is 5.21. The highest BCUT2D eigenvalue weighted by atomic mass is 32.2. The molecule has 0 radical (unpaired) electrons. The molecule has 6 nitrogen and oxygen atoms in total. The molecule has 134 valence electrons. The van der Waals surface area contributed by atoms with Crippen LogP contribution in [0.5, 0.6) is 0 Å². The van der Waals surface area contributed by atoms with Gasteiger partial charge >= 0.3 is 0 Å². The predicted octanol–water partition coefficient (Wildman–Crippen LogP) is 3.19. The van der Waals surface area contributed by atoms with Crippen LogP contribution < -0.4 is 5.32 Å². The largest absolute Gasteiger partial charge is 0.306 e. The van der Waals surface area contributed by atoms with Crippen molar-refractivity contribution in [3.63, 3.8) is 0 Å². The monoisotopic (exact) mass is 379 g/mol. The summed E-state index contributed by atoms with van der Waals surface area (Å²) >= 11 is 1.43. The molecule has 0 spiro atoms. The summed E-state index contributed by atoms with van der Waals surface area (Å²) in [6.45, 7) is 5.03. The van der Waals surface area contributed by atoms with Gasteiger partial charge in [0.25, 0.3) is 5.91 Å². The Balaban J connectivity index is 1.72. The molecule has 1 saturated heterocycles. The van der Waals surface area contributed by atoms with Gasteiger partial charge in [-0.3, -0.25) is 4.79 Å². The summed E-state index contributed by atoms with van der Waals surface area (Å²) in [6.07, 6.45) is 4.16. The van der Waals surface area contributed by atoms with Gasteiger partial charge in [-0.05, 0) is 50.5 Å². The molecule has 1 N–H and O–H groups in total. The minimum absolute atomic E-state index is 0.162. The molecule has 2 aromatic heterocycles. The quantitative estimate of drug-likeness (QED) is 0.885. The van der Waals surface area contributed by atoms with E-state index >= 15 is 0 Å². The van der Waals surface area contributed by atoms with E-state index in [9.17, 15) is 13.2 Å². The van der Waals surface area contributed by atoms with Crippen LogP contribution >= 0.6 is 11.3 Å². The van der Waals surface area contributed by atoms with Crippen LogP contribution in [0.4, 0.5) is 5.82 Å². The second kappa shape index (κ2) is 7.23. The van der Waals surface area contributed by atoms with Crippen LogP contribution in [0, 0.1) is 13.8 Å². The van der Waals surface area contributed by atoms with E-state index in [-0.39, 0.29) is 10.8 Å². The molecule has 8 heteroatoms. The third-order valence-corrected chi connectivity index (χ3v) is 7.35.